The molecular weight excluding hydrogens is 340 g/mol. The molecule has 1 aromatic heterocycles. The van der Waals surface area contributed by atoms with Gasteiger partial charge in [0.05, 0.1) is 11.1 Å². The van der Waals surface area contributed by atoms with Crippen molar-refractivity contribution in [2.24, 2.45) is 0 Å². The topological polar surface area (TPSA) is 59.5 Å². The highest BCUT2D eigenvalue weighted by Crippen LogP contribution is 2.22. The number of halogens is 1. The largest absolute Gasteiger partial charge is 0.452 e. The van der Waals surface area contributed by atoms with Gasteiger partial charge in [-0.15, -0.1) is 0 Å². The molecule has 0 bridgehead atoms. The number of rotatable bonds is 4. The molecule has 1 aliphatic rings. The summed E-state index contributed by atoms with van der Waals surface area (Å²) in [5, 5.41) is 0.882. The number of fused-ring (bicyclic) bond motifs is 1. The molecule has 25 heavy (non-hydrogen) atoms. The third kappa shape index (κ3) is 3.93. The van der Waals surface area contributed by atoms with Crippen LogP contribution in [0.1, 0.15) is 43.0 Å². The Labute approximate surface area is 151 Å². The first-order valence-corrected chi connectivity index (χ1v) is 9.00. The van der Waals surface area contributed by atoms with Crippen molar-refractivity contribution in [3.8, 4) is 0 Å². The fraction of sp³-hybridized carbons (Fsp3) is 0.421. The number of ether oxygens (including phenoxy) is 1. The zero-order chi connectivity index (χ0) is 17.8. The van der Waals surface area contributed by atoms with E-state index >= 15 is 0 Å². The van der Waals surface area contributed by atoms with Gasteiger partial charge in [0.15, 0.2) is 6.61 Å². The van der Waals surface area contributed by atoms with Crippen LogP contribution < -0.4 is 0 Å². The lowest BCUT2D eigenvalue weighted by Gasteiger charge is -2.35. The maximum atomic E-state index is 12.5. The molecule has 132 valence electrons. The van der Waals surface area contributed by atoms with Gasteiger partial charge in [-0.1, -0.05) is 36.7 Å². The number of esters is 1. The fourth-order valence-electron chi connectivity index (χ4n) is 3.35. The van der Waals surface area contributed by atoms with Crippen molar-refractivity contribution < 1.29 is 14.3 Å². The van der Waals surface area contributed by atoms with Gasteiger partial charge in [-0.2, -0.15) is 0 Å². The van der Waals surface area contributed by atoms with E-state index in [1.165, 1.54) is 6.07 Å². The van der Waals surface area contributed by atoms with E-state index in [1.54, 1.807) is 12.1 Å². The molecule has 1 amide bonds. The molecule has 0 spiro atoms. The van der Waals surface area contributed by atoms with Gasteiger partial charge in [0.2, 0.25) is 0 Å². The highest BCUT2D eigenvalue weighted by Gasteiger charge is 2.26. The van der Waals surface area contributed by atoms with E-state index in [4.69, 9.17) is 16.3 Å². The summed E-state index contributed by atoms with van der Waals surface area (Å²) in [5.74, 6) is -0.691. The second kappa shape index (κ2) is 7.83. The number of hydrogen-bond acceptors (Lipinski definition) is 4. The SMILES string of the molecule is CC[C@H]1CCCCN1C(=O)COC(=O)c1cc(Cl)nc2ccccc12. The molecule has 0 saturated carbocycles. The van der Waals surface area contributed by atoms with Gasteiger partial charge >= 0.3 is 5.97 Å². The van der Waals surface area contributed by atoms with E-state index in [2.05, 4.69) is 11.9 Å². The molecule has 1 saturated heterocycles. The molecule has 6 heteroatoms. The van der Waals surface area contributed by atoms with E-state index in [0.29, 0.717) is 16.5 Å². The molecule has 5 nitrogen and oxygen atoms in total. The lowest BCUT2D eigenvalue weighted by molar-refractivity contribution is -0.138. The van der Waals surface area contributed by atoms with E-state index in [1.807, 2.05) is 17.0 Å². The van der Waals surface area contributed by atoms with Crippen molar-refractivity contribution in [2.75, 3.05) is 13.2 Å². The van der Waals surface area contributed by atoms with Crippen LogP contribution in [0.3, 0.4) is 0 Å². The monoisotopic (exact) mass is 360 g/mol. The average molecular weight is 361 g/mol. The number of carbonyl (C=O) groups excluding carboxylic acids is 2. The van der Waals surface area contributed by atoms with Gasteiger partial charge in [0, 0.05) is 18.0 Å². The number of benzene rings is 1. The highest BCUT2D eigenvalue weighted by atomic mass is 35.5. The van der Waals surface area contributed by atoms with Crippen LogP contribution in [0.4, 0.5) is 0 Å². The number of aromatic nitrogens is 1. The summed E-state index contributed by atoms with van der Waals surface area (Å²) in [6, 6.07) is 8.94. The summed E-state index contributed by atoms with van der Waals surface area (Å²) in [5.41, 5.74) is 0.949. The third-order valence-electron chi connectivity index (χ3n) is 4.65. The van der Waals surface area contributed by atoms with Crippen molar-refractivity contribution in [2.45, 2.75) is 38.6 Å². The Hall–Kier alpha value is -2.14. The summed E-state index contributed by atoms with van der Waals surface area (Å²) in [6.45, 7) is 2.57. The first-order chi connectivity index (χ1) is 12.1. The van der Waals surface area contributed by atoms with Gasteiger partial charge < -0.3 is 9.64 Å². The lowest BCUT2D eigenvalue weighted by atomic mass is 10.00. The van der Waals surface area contributed by atoms with Crippen molar-refractivity contribution in [1.82, 2.24) is 9.88 Å². The van der Waals surface area contributed by atoms with Crippen LogP contribution in [0.25, 0.3) is 10.9 Å². The minimum Gasteiger partial charge on any atom is -0.452 e. The molecule has 0 radical (unpaired) electrons. The van der Waals surface area contributed by atoms with Gasteiger partial charge in [-0.3, -0.25) is 4.79 Å². The molecule has 1 atom stereocenters. The summed E-state index contributed by atoms with van der Waals surface area (Å²) in [7, 11) is 0. The Kier molecular flexibility index (Phi) is 5.53. The maximum Gasteiger partial charge on any atom is 0.339 e. The van der Waals surface area contributed by atoms with E-state index < -0.39 is 5.97 Å². The standard InChI is InChI=1S/C19H21ClN2O3/c1-2-13-7-5-6-10-22(13)18(23)12-25-19(24)15-11-17(20)21-16-9-4-3-8-14(15)16/h3-4,8-9,11,13H,2,5-7,10,12H2,1H3/t13-/m0/s1. The molecule has 2 heterocycles. The number of carbonyl (C=O) groups is 2. The Bertz CT molecular complexity index is 793. The molecule has 0 unspecified atom stereocenters. The van der Waals surface area contributed by atoms with E-state index in [0.717, 1.165) is 32.2 Å². The zero-order valence-electron chi connectivity index (χ0n) is 14.2. The van der Waals surface area contributed by atoms with E-state index in [9.17, 15) is 9.59 Å². The second-order valence-corrected chi connectivity index (χ2v) is 6.62. The Balaban J connectivity index is 1.72. The normalized spacial score (nSPS) is 17.5. The predicted octanol–water partition coefficient (Wildman–Crippen LogP) is 3.84. The number of para-hydroxylation sites is 1. The van der Waals surface area contributed by atoms with Gasteiger partial charge in [0.1, 0.15) is 5.15 Å². The van der Waals surface area contributed by atoms with Crippen LogP contribution in [-0.4, -0.2) is 41.0 Å². The highest BCUT2D eigenvalue weighted by molar-refractivity contribution is 6.30. The Morgan fingerprint density at radius 2 is 2.12 bits per heavy atom. The average Bonchev–Trinajstić information content (AvgIpc) is 2.65. The number of pyridine rings is 1. The van der Waals surface area contributed by atoms with Crippen molar-refractivity contribution in [3.05, 3.63) is 41.0 Å². The number of likely N-dealkylation sites (tertiary alicyclic amines) is 1. The third-order valence-corrected chi connectivity index (χ3v) is 4.84. The molecule has 2 aromatic rings. The number of piperidine rings is 1. The van der Waals surface area contributed by atoms with Crippen LogP contribution in [0.15, 0.2) is 30.3 Å². The predicted molar refractivity (Wildman–Crippen MR) is 96.7 cm³/mol. The maximum absolute atomic E-state index is 12.5. The lowest BCUT2D eigenvalue weighted by Crippen LogP contribution is -2.45. The van der Waals surface area contributed by atoms with Crippen LogP contribution in [0.5, 0.6) is 0 Å². The quantitative estimate of drug-likeness (QED) is 0.614. The smallest absolute Gasteiger partial charge is 0.339 e. The van der Waals surface area contributed by atoms with Gasteiger partial charge in [-0.25, -0.2) is 9.78 Å². The molecule has 1 fully saturated rings. The molecule has 0 N–H and O–H groups in total. The zero-order valence-corrected chi connectivity index (χ0v) is 15.0. The van der Waals surface area contributed by atoms with E-state index in [-0.39, 0.29) is 23.7 Å². The minimum atomic E-state index is -0.557. The number of nitrogens with zero attached hydrogens (tertiary/aromatic N) is 2. The first-order valence-electron chi connectivity index (χ1n) is 8.62. The Morgan fingerprint density at radius 3 is 2.92 bits per heavy atom. The summed E-state index contributed by atoms with van der Waals surface area (Å²) < 4.78 is 5.28. The second-order valence-electron chi connectivity index (χ2n) is 6.23. The molecule has 0 aliphatic carbocycles. The summed E-state index contributed by atoms with van der Waals surface area (Å²) in [4.78, 5) is 30.9. The van der Waals surface area contributed by atoms with Gasteiger partial charge in [-0.05, 0) is 37.8 Å². The number of hydrogen-bond donors (Lipinski definition) is 0. The van der Waals surface area contributed by atoms with Crippen molar-refractivity contribution in [3.63, 3.8) is 0 Å². The van der Waals surface area contributed by atoms with Crippen molar-refractivity contribution in [1.29, 1.82) is 0 Å². The summed E-state index contributed by atoms with van der Waals surface area (Å²) in [6.07, 6.45) is 4.08. The minimum absolute atomic E-state index is 0.135. The summed E-state index contributed by atoms with van der Waals surface area (Å²) >= 11 is 6.00. The number of amides is 1. The molecule has 1 aliphatic heterocycles. The Morgan fingerprint density at radius 1 is 1.32 bits per heavy atom. The van der Waals surface area contributed by atoms with Crippen LogP contribution in [-0.2, 0) is 9.53 Å². The van der Waals surface area contributed by atoms with Crippen LogP contribution in [0.2, 0.25) is 5.15 Å². The molecule has 1 aromatic carbocycles. The fourth-order valence-corrected chi connectivity index (χ4v) is 3.55. The van der Waals surface area contributed by atoms with Crippen LogP contribution >= 0.6 is 11.6 Å². The molecular formula is C19H21ClN2O3. The molecule has 3 rings (SSSR count). The van der Waals surface area contributed by atoms with Crippen LogP contribution in [0, 0.1) is 0 Å². The van der Waals surface area contributed by atoms with Gasteiger partial charge in [0.25, 0.3) is 5.91 Å². The first kappa shape index (κ1) is 17.7. The van der Waals surface area contributed by atoms with Crippen molar-refractivity contribution >= 4 is 34.4 Å².